The smallest absolute Gasteiger partial charge is 0.268 e. The Kier molecular flexibility index (Phi) is 5.85. The molecule has 0 saturated heterocycles. The van der Waals surface area contributed by atoms with Crippen molar-refractivity contribution in [3.63, 3.8) is 0 Å². The van der Waals surface area contributed by atoms with Gasteiger partial charge in [0.1, 0.15) is 17.2 Å². The van der Waals surface area contributed by atoms with Crippen LogP contribution in [0.3, 0.4) is 0 Å². The van der Waals surface area contributed by atoms with E-state index in [4.69, 9.17) is 4.42 Å². The highest BCUT2D eigenvalue weighted by atomic mass is 79.9. The maximum atomic E-state index is 12.4. The highest BCUT2D eigenvalue weighted by molar-refractivity contribution is 9.10. The van der Waals surface area contributed by atoms with Crippen LogP contribution in [0, 0.1) is 0 Å². The topological polar surface area (TPSA) is 71.3 Å². The zero-order valence-electron chi connectivity index (χ0n) is 14.6. The Hall–Kier alpha value is -2.34. The minimum Gasteiger partial charge on any atom is -0.457 e. The maximum Gasteiger partial charge on any atom is 0.268 e. The fraction of sp³-hybridized carbons (Fsp3) is 0.263. The van der Waals surface area contributed by atoms with Crippen molar-refractivity contribution < 1.29 is 14.0 Å². The zero-order valence-corrected chi connectivity index (χ0v) is 16.2. The van der Waals surface area contributed by atoms with Crippen molar-refractivity contribution in [1.29, 1.82) is 0 Å². The van der Waals surface area contributed by atoms with Crippen LogP contribution in [0.1, 0.15) is 33.5 Å². The summed E-state index contributed by atoms with van der Waals surface area (Å²) in [6.07, 6.45) is 1.52. The quantitative estimate of drug-likeness (QED) is 0.753. The van der Waals surface area contributed by atoms with E-state index in [-0.39, 0.29) is 17.5 Å². The standard InChI is InChI=1S/C19H21BrN2O3/c1-12(23)21-16(18(24)22-19(2,3)4)11-15-9-10-17(25-15)13-5-7-14(20)8-6-13/h5-11H,1-4H3,(H,21,23)(H,22,24)/b16-11+. The fourth-order valence-corrected chi connectivity index (χ4v) is 2.36. The molecular formula is C19H21BrN2O3. The molecule has 25 heavy (non-hydrogen) atoms. The second-order valence-electron chi connectivity index (χ2n) is 6.65. The lowest BCUT2D eigenvalue weighted by Crippen LogP contribution is -2.44. The van der Waals surface area contributed by atoms with Gasteiger partial charge in [0.05, 0.1) is 0 Å². The summed E-state index contributed by atoms with van der Waals surface area (Å²) in [5, 5.41) is 5.37. The summed E-state index contributed by atoms with van der Waals surface area (Å²) in [7, 11) is 0. The molecule has 0 unspecified atom stereocenters. The van der Waals surface area contributed by atoms with E-state index in [2.05, 4.69) is 26.6 Å². The first kappa shape index (κ1) is 19.0. The Balaban J connectivity index is 2.28. The number of hydrogen-bond acceptors (Lipinski definition) is 3. The average molecular weight is 405 g/mol. The van der Waals surface area contributed by atoms with Gasteiger partial charge < -0.3 is 15.1 Å². The largest absolute Gasteiger partial charge is 0.457 e. The Morgan fingerprint density at radius 2 is 1.72 bits per heavy atom. The Labute approximate surface area is 155 Å². The Bertz CT molecular complexity index is 799. The van der Waals surface area contributed by atoms with Gasteiger partial charge in [-0.3, -0.25) is 9.59 Å². The van der Waals surface area contributed by atoms with E-state index < -0.39 is 5.54 Å². The molecule has 0 saturated carbocycles. The lowest BCUT2D eigenvalue weighted by atomic mass is 10.1. The maximum absolute atomic E-state index is 12.4. The predicted octanol–water partition coefficient (Wildman–Crippen LogP) is 4.10. The summed E-state index contributed by atoms with van der Waals surface area (Å²) < 4.78 is 6.76. The molecule has 1 aromatic heterocycles. The molecular weight excluding hydrogens is 384 g/mol. The van der Waals surface area contributed by atoms with Gasteiger partial charge >= 0.3 is 0 Å². The van der Waals surface area contributed by atoms with Crippen LogP contribution in [0.15, 0.2) is 51.0 Å². The molecule has 2 rings (SSSR count). The number of benzene rings is 1. The number of nitrogens with one attached hydrogen (secondary N) is 2. The first-order valence-corrected chi connectivity index (χ1v) is 8.61. The van der Waals surface area contributed by atoms with Crippen LogP contribution in [0.25, 0.3) is 17.4 Å². The van der Waals surface area contributed by atoms with Crippen LogP contribution in [0.5, 0.6) is 0 Å². The third-order valence-corrected chi connectivity index (χ3v) is 3.61. The van der Waals surface area contributed by atoms with E-state index in [9.17, 15) is 9.59 Å². The molecule has 0 radical (unpaired) electrons. The van der Waals surface area contributed by atoms with E-state index in [1.165, 1.54) is 13.0 Å². The van der Waals surface area contributed by atoms with E-state index >= 15 is 0 Å². The fourth-order valence-electron chi connectivity index (χ4n) is 2.10. The number of carbonyl (C=O) groups is 2. The summed E-state index contributed by atoms with van der Waals surface area (Å²) >= 11 is 3.39. The molecule has 2 aromatic rings. The number of amides is 2. The second-order valence-corrected chi connectivity index (χ2v) is 7.57. The number of hydrogen-bond donors (Lipinski definition) is 2. The highest BCUT2D eigenvalue weighted by Gasteiger charge is 2.18. The van der Waals surface area contributed by atoms with E-state index in [1.807, 2.05) is 51.1 Å². The van der Waals surface area contributed by atoms with Crippen molar-refractivity contribution in [1.82, 2.24) is 10.6 Å². The first-order chi connectivity index (χ1) is 11.6. The van der Waals surface area contributed by atoms with Crippen LogP contribution in [-0.2, 0) is 9.59 Å². The number of furan rings is 1. The average Bonchev–Trinajstić information content (AvgIpc) is 2.93. The van der Waals surface area contributed by atoms with Gasteiger partial charge in [-0.15, -0.1) is 0 Å². The summed E-state index contributed by atoms with van der Waals surface area (Å²) in [6.45, 7) is 6.96. The lowest BCUT2D eigenvalue weighted by Gasteiger charge is -2.21. The van der Waals surface area contributed by atoms with Crippen LogP contribution in [0.2, 0.25) is 0 Å². The van der Waals surface area contributed by atoms with Gasteiger partial charge in [0.15, 0.2) is 0 Å². The number of carbonyl (C=O) groups excluding carboxylic acids is 2. The van der Waals surface area contributed by atoms with Crippen LogP contribution < -0.4 is 10.6 Å². The first-order valence-electron chi connectivity index (χ1n) is 7.81. The van der Waals surface area contributed by atoms with Gasteiger partial charge in [0.25, 0.3) is 5.91 Å². The molecule has 0 fully saturated rings. The molecule has 0 spiro atoms. The van der Waals surface area contributed by atoms with Crippen molar-refractivity contribution >= 4 is 33.8 Å². The van der Waals surface area contributed by atoms with Crippen molar-refractivity contribution in [3.8, 4) is 11.3 Å². The third kappa shape index (κ3) is 5.90. The molecule has 0 bridgehead atoms. The molecule has 1 heterocycles. The van der Waals surface area contributed by atoms with Crippen LogP contribution >= 0.6 is 15.9 Å². The molecule has 0 aliphatic rings. The van der Waals surface area contributed by atoms with Crippen molar-refractivity contribution in [2.24, 2.45) is 0 Å². The van der Waals surface area contributed by atoms with Crippen molar-refractivity contribution in [2.75, 3.05) is 0 Å². The molecule has 2 N–H and O–H groups in total. The molecule has 132 valence electrons. The van der Waals surface area contributed by atoms with E-state index in [0.717, 1.165) is 10.0 Å². The predicted molar refractivity (Wildman–Crippen MR) is 102 cm³/mol. The summed E-state index contributed by atoms with van der Waals surface area (Å²) in [6, 6.07) is 11.3. The van der Waals surface area contributed by atoms with Gasteiger partial charge in [-0.1, -0.05) is 28.1 Å². The monoisotopic (exact) mass is 404 g/mol. The van der Waals surface area contributed by atoms with Gasteiger partial charge in [0.2, 0.25) is 5.91 Å². The van der Waals surface area contributed by atoms with Gasteiger partial charge in [-0.25, -0.2) is 0 Å². The zero-order chi connectivity index (χ0) is 18.6. The summed E-state index contributed by atoms with van der Waals surface area (Å²) in [5.41, 5.74) is 0.641. The molecule has 0 atom stereocenters. The lowest BCUT2D eigenvalue weighted by molar-refractivity contribution is -0.123. The Morgan fingerprint density at radius 1 is 1.08 bits per heavy atom. The van der Waals surface area contributed by atoms with Crippen molar-refractivity contribution in [2.45, 2.75) is 33.2 Å². The molecule has 6 heteroatoms. The van der Waals surface area contributed by atoms with Gasteiger partial charge in [-0.2, -0.15) is 0 Å². The Morgan fingerprint density at radius 3 is 2.28 bits per heavy atom. The van der Waals surface area contributed by atoms with Crippen LogP contribution in [0.4, 0.5) is 0 Å². The summed E-state index contributed by atoms with van der Waals surface area (Å²) in [5.74, 6) is 0.460. The molecule has 1 aromatic carbocycles. The molecule has 2 amide bonds. The van der Waals surface area contributed by atoms with E-state index in [1.54, 1.807) is 6.07 Å². The highest BCUT2D eigenvalue weighted by Crippen LogP contribution is 2.25. The van der Waals surface area contributed by atoms with E-state index in [0.29, 0.717) is 11.5 Å². The molecule has 5 nitrogen and oxygen atoms in total. The number of halogens is 1. The minimum absolute atomic E-state index is 0.138. The third-order valence-electron chi connectivity index (χ3n) is 3.09. The second kappa shape index (κ2) is 7.70. The normalized spacial score (nSPS) is 12.0. The summed E-state index contributed by atoms with van der Waals surface area (Å²) in [4.78, 5) is 23.8. The molecule has 0 aliphatic heterocycles. The van der Waals surface area contributed by atoms with Crippen molar-refractivity contribution in [3.05, 3.63) is 52.3 Å². The van der Waals surface area contributed by atoms with Crippen LogP contribution in [-0.4, -0.2) is 17.4 Å². The SMILES string of the molecule is CC(=O)N/C(=C/c1ccc(-c2ccc(Br)cc2)o1)C(=O)NC(C)(C)C. The van der Waals surface area contributed by atoms with Gasteiger partial charge in [0, 0.05) is 28.6 Å². The minimum atomic E-state index is -0.416. The molecule has 0 aliphatic carbocycles. The number of rotatable bonds is 4. The van der Waals surface area contributed by atoms with Gasteiger partial charge in [-0.05, 0) is 45.0 Å².